The van der Waals surface area contributed by atoms with Crippen LogP contribution in [0.3, 0.4) is 0 Å². The van der Waals surface area contributed by atoms with Crippen molar-refractivity contribution < 1.29 is 0 Å². The van der Waals surface area contributed by atoms with Gasteiger partial charge in [-0.15, -0.1) is 0 Å². The van der Waals surface area contributed by atoms with Gasteiger partial charge in [0.2, 0.25) is 0 Å². The third-order valence-electron chi connectivity index (χ3n) is 5.53. The molecule has 0 amide bonds. The third kappa shape index (κ3) is 7.11. The Kier molecular flexibility index (Phi) is 8.70. The van der Waals surface area contributed by atoms with Gasteiger partial charge in [0.05, 0.1) is 0 Å². The van der Waals surface area contributed by atoms with E-state index < -0.39 is 0 Å². The van der Waals surface area contributed by atoms with Crippen LogP contribution in [0.4, 0.5) is 0 Å². The number of nitrogens with one attached hydrogen (secondary N) is 1. The van der Waals surface area contributed by atoms with Crippen LogP contribution in [0.15, 0.2) is 0 Å². The fourth-order valence-electron chi connectivity index (χ4n) is 4.09. The summed E-state index contributed by atoms with van der Waals surface area (Å²) in [5.41, 5.74) is 0. The summed E-state index contributed by atoms with van der Waals surface area (Å²) in [6.07, 6.45) is 23.6. The van der Waals surface area contributed by atoms with Crippen molar-refractivity contribution >= 4 is 0 Å². The lowest BCUT2D eigenvalue weighted by Crippen LogP contribution is -2.33. The molecule has 0 spiro atoms. The number of hydrogen-bond donors (Lipinski definition) is 1. The van der Waals surface area contributed by atoms with E-state index in [1.807, 2.05) is 0 Å². The zero-order chi connectivity index (χ0) is 13.9. The summed E-state index contributed by atoms with van der Waals surface area (Å²) in [6, 6.07) is 0.834. The van der Waals surface area contributed by atoms with Crippen molar-refractivity contribution in [2.45, 2.75) is 109 Å². The highest BCUT2D eigenvalue weighted by atomic mass is 14.9. The summed E-state index contributed by atoms with van der Waals surface area (Å²) >= 11 is 0. The van der Waals surface area contributed by atoms with Crippen LogP contribution >= 0.6 is 0 Å². The molecular formula is C19H37N. The fourth-order valence-corrected chi connectivity index (χ4v) is 4.09. The Morgan fingerprint density at radius 1 is 0.500 bits per heavy atom. The van der Waals surface area contributed by atoms with Gasteiger partial charge < -0.3 is 5.32 Å². The fraction of sp³-hybridized carbons (Fsp3) is 1.00. The molecule has 0 aliphatic heterocycles. The molecule has 118 valence electrons. The van der Waals surface area contributed by atoms with Crippen LogP contribution in [0.5, 0.6) is 0 Å². The Labute approximate surface area is 127 Å². The van der Waals surface area contributed by atoms with Gasteiger partial charge in [-0.05, 0) is 38.1 Å². The Morgan fingerprint density at radius 2 is 0.900 bits per heavy atom. The molecule has 0 aromatic heterocycles. The van der Waals surface area contributed by atoms with Crippen molar-refractivity contribution in [3.8, 4) is 0 Å². The van der Waals surface area contributed by atoms with E-state index in [4.69, 9.17) is 0 Å². The van der Waals surface area contributed by atoms with Crippen molar-refractivity contribution in [1.29, 1.82) is 0 Å². The van der Waals surface area contributed by atoms with E-state index >= 15 is 0 Å². The van der Waals surface area contributed by atoms with Crippen LogP contribution in [0.1, 0.15) is 103 Å². The molecular weight excluding hydrogens is 242 g/mol. The second-order valence-corrected chi connectivity index (χ2v) is 7.37. The Morgan fingerprint density at radius 3 is 1.40 bits per heavy atom. The van der Waals surface area contributed by atoms with Crippen LogP contribution in [0.25, 0.3) is 0 Å². The first-order chi connectivity index (χ1) is 9.95. The van der Waals surface area contributed by atoms with Gasteiger partial charge in [0.25, 0.3) is 0 Å². The third-order valence-corrected chi connectivity index (χ3v) is 5.53. The SMILES string of the molecule is C1CCCCC(CNC2CCCCCCCC2)CCC1. The monoisotopic (exact) mass is 279 g/mol. The summed E-state index contributed by atoms with van der Waals surface area (Å²) in [7, 11) is 0. The highest BCUT2D eigenvalue weighted by molar-refractivity contribution is 4.73. The summed E-state index contributed by atoms with van der Waals surface area (Å²) in [5, 5.41) is 3.96. The van der Waals surface area contributed by atoms with E-state index in [0.29, 0.717) is 0 Å². The molecule has 0 aromatic rings. The Hall–Kier alpha value is -0.0400. The summed E-state index contributed by atoms with van der Waals surface area (Å²) in [5.74, 6) is 0.973. The van der Waals surface area contributed by atoms with E-state index in [9.17, 15) is 0 Å². The van der Waals surface area contributed by atoms with Crippen molar-refractivity contribution in [3.05, 3.63) is 0 Å². The van der Waals surface area contributed by atoms with Gasteiger partial charge in [0.1, 0.15) is 0 Å². The maximum absolute atomic E-state index is 3.96. The smallest absolute Gasteiger partial charge is 0.00671 e. The molecule has 2 saturated carbocycles. The zero-order valence-electron chi connectivity index (χ0n) is 13.7. The molecule has 1 heteroatoms. The zero-order valence-corrected chi connectivity index (χ0v) is 13.7. The maximum atomic E-state index is 3.96. The van der Waals surface area contributed by atoms with Gasteiger partial charge in [0.15, 0.2) is 0 Å². The largest absolute Gasteiger partial charge is 0.314 e. The molecule has 0 heterocycles. The second-order valence-electron chi connectivity index (χ2n) is 7.37. The molecule has 2 aliphatic carbocycles. The molecule has 2 aliphatic rings. The molecule has 0 bridgehead atoms. The van der Waals surface area contributed by atoms with E-state index in [-0.39, 0.29) is 0 Å². The minimum absolute atomic E-state index is 0.834. The maximum Gasteiger partial charge on any atom is 0.00671 e. The molecule has 0 radical (unpaired) electrons. The number of hydrogen-bond acceptors (Lipinski definition) is 1. The van der Waals surface area contributed by atoms with E-state index in [2.05, 4.69) is 5.32 Å². The summed E-state index contributed by atoms with van der Waals surface area (Å²) in [6.45, 7) is 1.31. The first kappa shape index (κ1) is 16.3. The minimum atomic E-state index is 0.834. The van der Waals surface area contributed by atoms with Gasteiger partial charge in [-0.2, -0.15) is 0 Å². The van der Waals surface area contributed by atoms with Crippen LogP contribution in [-0.2, 0) is 0 Å². The first-order valence-electron chi connectivity index (χ1n) is 9.68. The van der Waals surface area contributed by atoms with Crippen LogP contribution in [-0.4, -0.2) is 12.6 Å². The molecule has 0 unspecified atom stereocenters. The predicted molar refractivity (Wildman–Crippen MR) is 89.2 cm³/mol. The molecule has 0 aromatic carbocycles. The average molecular weight is 280 g/mol. The molecule has 2 rings (SSSR count). The van der Waals surface area contributed by atoms with Crippen molar-refractivity contribution in [1.82, 2.24) is 5.32 Å². The molecule has 0 atom stereocenters. The average Bonchev–Trinajstić information content (AvgIpc) is 2.68. The topological polar surface area (TPSA) is 12.0 Å². The lowest BCUT2D eigenvalue weighted by molar-refractivity contribution is 0.351. The highest BCUT2D eigenvalue weighted by Gasteiger charge is 2.14. The van der Waals surface area contributed by atoms with Crippen LogP contribution < -0.4 is 5.32 Å². The van der Waals surface area contributed by atoms with Crippen LogP contribution in [0, 0.1) is 5.92 Å². The van der Waals surface area contributed by atoms with E-state index in [0.717, 1.165) is 12.0 Å². The van der Waals surface area contributed by atoms with Gasteiger partial charge in [-0.1, -0.05) is 77.0 Å². The highest BCUT2D eigenvalue weighted by Crippen LogP contribution is 2.22. The van der Waals surface area contributed by atoms with E-state index in [1.165, 1.54) is 109 Å². The molecule has 20 heavy (non-hydrogen) atoms. The summed E-state index contributed by atoms with van der Waals surface area (Å²) < 4.78 is 0. The quantitative estimate of drug-likeness (QED) is 0.685. The first-order valence-corrected chi connectivity index (χ1v) is 9.68. The Balaban J connectivity index is 1.67. The Bertz CT molecular complexity index is 182. The second kappa shape index (κ2) is 10.7. The van der Waals surface area contributed by atoms with E-state index in [1.54, 1.807) is 0 Å². The lowest BCUT2D eigenvalue weighted by Gasteiger charge is -2.23. The normalized spacial score (nSPS) is 25.8. The predicted octanol–water partition coefficient (Wildman–Crippen LogP) is 5.83. The van der Waals surface area contributed by atoms with Gasteiger partial charge in [0, 0.05) is 6.04 Å². The van der Waals surface area contributed by atoms with Crippen LogP contribution in [0.2, 0.25) is 0 Å². The number of rotatable bonds is 3. The molecule has 1 N–H and O–H groups in total. The minimum Gasteiger partial charge on any atom is -0.314 e. The molecule has 2 fully saturated rings. The summed E-state index contributed by atoms with van der Waals surface area (Å²) in [4.78, 5) is 0. The van der Waals surface area contributed by atoms with Crippen molar-refractivity contribution in [3.63, 3.8) is 0 Å². The van der Waals surface area contributed by atoms with Crippen molar-refractivity contribution in [2.75, 3.05) is 6.54 Å². The lowest BCUT2D eigenvalue weighted by atomic mass is 9.96. The van der Waals surface area contributed by atoms with Gasteiger partial charge in [-0.3, -0.25) is 0 Å². The standard InChI is InChI=1S/C19H37N/c1-2-6-10-14-18(13-9-5-1)17-20-19-15-11-7-3-4-8-12-16-19/h18-20H,1-17H2. The van der Waals surface area contributed by atoms with Gasteiger partial charge >= 0.3 is 0 Å². The van der Waals surface area contributed by atoms with Crippen molar-refractivity contribution in [2.24, 2.45) is 5.92 Å². The van der Waals surface area contributed by atoms with Gasteiger partial charge in [-0.25, -0.2) is 0 Å². The molecule has 0 saturated heterocycles. The molecule has 1 nitrogen and oxygen atoms in total.